The minimum absolute atomic E-state index is 0.304. The lowest BCUT2D eigenvalue weighted by Crippen LogP contribution is -2.56. The van der Waals surface area contributed by atoms with E-state index in [1.54, 1.807) is 0 Å². The molecule has 2 atom stereocenters. The molecule has 0 aromatic heterocycles. The molecule has 1 saturated heterocycles. The Morgan fingerprint density at radius 2 is 1.89 bits per heavy atom. The lowest BCUT2D eigenvalue weighted by molar-refractivity contribution is 0.104. The van der Waals surface area contributed by atoms with E-state index in [0.29, 0.717) is 17.5 Å². The predicted molar refractivity (Wildman–Crippen MR) is 82.7 cm³/mol. The largest absolute Gasteiger partial charge is 0.311 e. The van der Waals surface area contributed by atoms with Crippen molar-refractivity contribution in [1.29, 1.82) is 0 Å². The Bertz CT molecular complexity index is 408. The van der Waals surface area contributed by atoms with Gasteiger partial charge in [-0.15, -0.1) is 0 Å². The lowest BCUT2D eigenvalue weighted by Gasteiger charge is -2.43. The SMILES string of the molecule is CC(c1ccc(Cl)cc1)N1CCNC(C(C)(C)C)C1. The summed E-state index contributed by atoms with van der Waals surface area (Å²) in [7, 11) is 0. The summed E-state index contributed by atoms with van der Waals surface area (Å²) in [6.07, 6.45) is 0. The van der Waals surface area contributed by atoms with Crippen LogP contribution in [0.3, 0.4) is 0 Å². The Balaban J connectivity index is 2.06. The van der Waals surface area contributed by atoms with Crippen molar-refractivity contribution in [2.75, 3.05) is 19.6 Å². The van der Waals surface area contributed by atoms with Gasteiger partial charge in [0, 0.05) is 36.7 Å². The fourth-order valence-electron chi connectivity index (χ4n) is 2.66. The molecule has 3 heteroatoms. The highest BCUT2D eigenvalue weighted by molar-refractivity contribution is 6.30. The number of halogens is 1. The van der Waals surface area contributed by atoms with Crippen LogP contribution in [0.15, 0.2) is 24.3 Å². The average molecular weight is 281 g/mol. The standard InChI is InChI=1S/C16H25ClN2/c1-12(13-5-7-14(17)8-6-13)19-10-9-18-15(11-19)16(2,3)4/h5-8,12,15,18H,9-11H2,1-4H3. The fourth-order valence-corrected chi connectivity index (χ4v) is 2.78. The van der Waals surface area contributed by atoms with Gasteiger partial charge in [-0.05, 0) is 30.0 Å². The predicted octanol–water partition coefficient (Wildman–Crippen LogP) is 3.72. The van der Waals surface area contributed by atoms with Gasteiger partial charge in [-0.3, -0.25) is 4.90 Å². The Hall–Kier alpha value is -0.570. The molecule has 0 spiro atoms. The average Bonchev–Trinajstić information content (AvgIpc) is 2.38. The summed E-state index contributed by atoms with van der Waals surface area (Å²) in [5.41, 5.74) is 1.65. The number of nitrogens with zero attached hydrogens (tertiary/aromatic N) is 1. The van der Waals surface area contributed by atoms with E-state index in [1.165, 1.54) is 5.56 Å². The number of piperazine rings is 1. The van der Waals surface area contributed by atoms with Crippen LogP contribution in [0.1, 0.15) is 39.3 Å². The summed E-state index contributed by atoms with van der Waals surface area (Å²) in [5.74, 6) is 0. The molecule has 19 heavy (non-hydrogen) atoms. The van der Waals surface area contributed by atoms with Crippen LogP contribution < -0.4 is 5.32 Å². The molecular formula is C16H25ClN2. The van der Waals surface area contributed by atoms with Crippen molar-refractivity contribution >= 4 is 11.6 Å². The fraction of sp³-hybridized carbons (Fsp3) is 0.625. The topological polar surface area (TPSA) is 15.3 Å². The van der Waals surface area contributed by atoms with Crippen LogP contribution in [0.25, 0.3) is 0 Å². The molecule has 2 nitrogen and oxygen atoms in total. The van der Waals surface area contributed by atoms with Crippen LogP contribution in [0.5, 0.6) is 0 Å². The molecule has 2 rings (SSSR count). The Morgan fingerprint density at radius 3 is 2.47 bits per heavy atom. The van der Waals surface area contributed by atoms with Crippen molar-refractivity contribution in [3.8, 4) is 0 Å². The minimum atomic E-state index is 0.304. The van der Waals surface area contributed by atoms with Crippen molar-refractivity contribution in [3.05, 3.63) is 34.9 Å². The molecule has 106 valence electrons. The molecule has 1 aromatic carbocycles. The number of nitrogens with one attached hydrogen (secondary N) is 1. The molecule has 2 unspecified atom stereocenters. The van der Waals surface area contributed by atoms with Crippen LogP contribution in [0.2, 0.25) is 5.02 Å². The molecular weight excluding hydrogens is 256 g/mol. The summed E-state index contributed by atoms with van der Waals surface area (Å²) < 4.78 is 0. The van der Waals surface area contributed by atoms with Crippen molar-refractivity contribution in [2.45, 2.75) is 39.8 Å². The summed E-state index contributed by atoms with van der Waals surface area (Å²) in [5, 5.41) is 4.45. The second-order valence-corrected chi connectivity index (χ2v) is 7.03. The molecule has 0 radical (unpaired) electrons. The van der Waals surface area contributed by atoms with Gasteiger partial charge >= 0.3 is 0 Å². The van der Waals surface area contributed by atoms with Crippen LogP contribution in [-0.4, -0.2) is 30.6 Å². The maximum atomic E-state index is 5.96. The third kappa shape index (κ3) is 3.71. The van der Waals surface area contributed by atoms with Crippen LogP contribution in [-0.2, 0) is 0 Å². The maximum absolute atomic E-state index is 5.96. The second-order valence-electron chi connectivity index (χ2n) is 6.60. The summed E-state index contributed by atoms with van der Waals surface area (Å²) >= 11 is 5.96. The van der Waals surface area contributed by atoms with E-state index in [2.05, 4.69) is 50.0 Å². The first kappa shape index (κ1) is 14.8. The maximum Gasteiger partial charge on any atom is 0.0406 e. The molecule has 0 bridgehead atoms. The van der Waals surface area contributed by atoms with E-state index in [0.717, 1.165) is 24.7 Å². The molecule has 1 heterocycles. The van der Waals surface area contributed by atoms with Gasteiger partial charge in [-0.2, -0.15) is 0 Å². The third-order valence-corrected chi connectivity index (χ3v) is 4.40. The van der Waals surface area contributed by atoms with Gasteiger partial charge < -0.3 is 5.32 Å². The second kappa shape index (κ2) is 5.82. The first-order valence-corrected chi connectivity index (χ1v) is 7.48. The van der Waals surface area contributed by atoms with Crippen molar-refractivity contribution in [2.24, 2.45) is 5.41 Å². The van der Waals surface area contributed by atoms with E-state index in [1.807, 2.05) is 12.1 Å². The molecule has 1 aliphatic rings. The monoisotopic (exact) mass is 280 g/mol. The van der Waals surface area contributed by atoms with Crippen LogP contribution in [0, 0.1) is 5.41 Å². The molecule has 1 N–H and O–H groups in total. The van der Waals surface area contributed by atoms with Gasteiger partial charge in [0.25, 0.3) is 0 Å². The van der Waals surface area contributed by atoms with E-state index >= 15 is 0 Å². The normalized spacial score (nSPS) is 23.3. The third-order valence-electron chi connectivity index (χ3n) is 4.15. The van der Waals surface area contributed by atoms with Crippen LogP contribution >= 0.6 is 11.6 Å². The highest BCUT2D eigenvalue weighted by Gasteiger charge is 2.31. The van der Waals surface area contributed by atoms with Gasteiger partial charge in [-0.25, -0.2) is 0 Å². The summed E-state index contributed by atoms with van der Waals surface area (Å²) in [6, 6.07) is 9.25. The number of hydrogen-bond acceptors (Lipinski definition) is 2. The molecule has 1 aliphatic heterocycles. The molecule has 1 aromatic rings. The Kier molecular flexibility index (Phi) is 4.54. The number of hydrogen-bond donors (Lipinski definition) is 1. The zero-order chi connectivity index (χ0) is 14.0. The van der Waals surface area contributed by atoms with Crippen molar-refractivity contribution < 1.29 is 0 Å². The Morgan fingerprint density at radius 1 is 1.26 bits per heavy atom. The quantitative estimate of drug-likeness (QED) is 0.888. The zero-order valence-electron chi connectivity index (χ0n) is 12.4. The molecule has 0 saturated carbocycles. The highest BCUT2D eigenvalue weighted by Crippen LogP contribution is 2.27. The van der Waals surface area contributed by atoms with Gasteiger partial charge in [0.2, 0.25) is 0 Å². The molecule has 1 fully saturated rings. The first-order valence-electron chi connectivity index (χ1n) is 7.11. The number of benzene rings is 1. The number of rotatable bonds is 2. The van der Waals surface area contributed by atoms with E-state index in [4.69, 9.17) is 11.6 Å². The summed E-state index contributed by atoms with van der Waals surface area (Å²) in [6.45, 7) is 12.5. The smallest absolute Gasteiger partial charge is 0.0406 e. The van der Waals surface area contributed by atoms with Crippen molar-refractivity contribution in [1.82, 2.24) is 10.2 Å². The van der Waals surface area contributed by atoms with Gasteiger partial charge in [0.15, 0.2) is 0 Å². The highest BCUT2D eigenvalue weighted by atomic mass is 35.5. The van der Waals surface area contributed by atoms with E-state index < -0.39 is 0 Å². The summed E-state index contributed by atoms with van der Waals surface area (Å²) in [4.78, 5) is 2.57. The molecule has 0 amide bonds. The van der Waals surface area contributed by atoms with Crippen molar-refractivity contribution in [3.63, 3.8) is 0 Å². The first-order chi connectivity index (χ1) is 8.88. The van der Waals surface area contributed by atoms with Gasteiger partial charge in [-0.1, -0.05) is 44.5 Å². The van der Waals surface area contributed by atoms with Crippen LogP contribution in [0.4, 0.5) is 0 Å². The lowest BCUT2D eigenvalue weighted by atomic mass is 9.85. The molecule has 0 aliphatic carbocycles. The van der Waals surface area contributed by atoms with Gasteiger partial charge in [0.05, 0.1) is 0 Å². The van der Waals surface area contributed by atoms with E-state index in [9.17, 15) is 0 Å². The van der Waals surface area contributed by atoms with Gasteiger partial charge in [0.1, 0.15) is 0 Å². The van der Waals surface area contributed by atoms with E-state index in [-0.39, 0.29) is 0 Å². The minimum Gasteiger partial charge on any atom is -0.311 e. The zero-order valence-corrected chi connectivity index (χ0v) is 13.2. The Labute approximate surface area is 122 Å².